The first kappa shape index (κ1) is 18.8. The van der Waals surface area contributed by atoms with Gasteiger partial charge in [-0.15, -0.1) is 0 Å². The smallest absolute Gasteiger partial charge is 0.260 e. The second kappa shape index (κ2) is 7.81. The summed E-state index contributed by atoms with van der Waals surface area (Å²) in [7, 11) is 0. The van der Waals surface area contributed by atoms with Gasteiger partial charge in [-0.1, -0.05) is 12.1 Å². The van der Waals surface area contributed by atoms with Crippen LogP contribution in [-0.2, 0) is 11.2 Å². The van der Waals surface area contributed by atoms with E-state index in [9.17, 15) is 18.0 Å². The first-order chi connectivity index (χ1) is 13.5. The molecule has 3 heterocycles. The SMILES string of the molecule is O=C(Cc1cccc(F)c1)N1CCCC([C@@H]2C[C@H](C(F)F)n3ncnc3N2)C1. The molecule has 0 radical (unpaired) electrons. The van der Waals surface area contributed by atoms with Crippen LogP contribution >= 0.6 is 0 Å². The maximum atomic E-state index is 13.5. The van der Waals surface area contributed by atoms with E-state index in [0.717, 1.165) is 12.8 Å². The van der Waals surface area contributed by atoms with Crippen LogP contribution in [-0.4, -0.2) is 51.1 Å². The Bertz CT molecular complexity index is 842. The number of fused-ring (bicyclic) bond motifs is 1. The Kier molecular flexibility index (Phi) is 5.23. The summed E-state index contributed by atoms with van der Waals surface area (Å²) in [5.41, 5.74) is 0.633. The maximum absolute atomic E-state index is 13.5. The molecule has 1 fully saturated rings. The normalized spacial score (nSPS) is 24.7. The molecule has 9 heteroatoms. The Morgan fingerprint density at radius 3 is 3.00 bits per heavy atom. The first-order valence-corrected chi connectivity index (χ1v) is 9.47. The van der Waals surface area contributed by atoms with Crippen LogP contribution in [0, 0.1) is 11.7 Å². The number of hydrogen-bond acceptors (Lipinski definition) is 4. The molecule has 1 saturated heterocycles. The van der Waals surface area contributed by atoms with Crippen LogP contribution in [0.1, 0.15) is 30.9 Å². The summed E-state index contributed by atoms with van der Waals surface area (Å²) in [6.45, 7) is 1.13. The van der Waals surface area contributed by atoms with E-state index in [2.05, 4.69) is 15.4 Å². The van der Waals surface area contributed by atoms with Crippen molar-refractivity contribution in [3.63, 3.8) is 0 Å². The highest BCUT2D eigenvalue weighted by Crippen LogP contribution is 2.35. The molecule has 2 aliphatic heterocycles. The lowest BCUT2D eigenvalue weighted by molar-refractivity contribution is -0.132. The number of nitrogens with one attached hydrogen (secondary N) is 1. The topological polar surface area (TPSA) is 63.1 Å². The van der Waals surface area contributed by atoms with E-state index in [1.54, 1.807) is 17.0 Å². The molecule has 2 aromatic rings. The zero-order valence-corrected chi connectivity index (χ0v) is 15.3. The lowest BCUT2D eigenvalue weighted by Crippen LogP contribution is -2.48. The molecule has 1 aromatic heterocycles. The van der Waals surface area contributed by atoms with Crippen LogP contribution < -0.4 is 5.32 Å². The summed E-state index contributed by atoms with van der Waals surface area (Å²) in [5.74, 6) is -0.0308. The number of hydrogen-bond donors (Lipinski definition) is 1. The van der Waals surface area contributed by atoms with Gasteiger partial charge >= 0.3 is 0 Å². The molecule has 0 spiro atoms. The minimum Gasteiger partial charge on any atom is -0.351 e. The molecule has 150 valence electrons. The number of carbonyl (C=O) groups excluding carboxylic acids is 1. The quantitative estimate of drug-likeness (QED) is 0.868. The lowest BCUT2D eigenvalue weighted by Gasteiger charge is -2.40. The Hall–Kier alpha value is -2.58. The molecule has 1 amide bonds. The van der Waals surface area contributed by atoms with Crippen LogP contribution in [0.3, 0.4) is 0 Å². The monoisotopic (exact) mass is 393 g/mol. The van der Waals surface area contributed by atoms with Crippen molar-refractivity contribution < 1.29 is 18.0 Å². The van der Waals surface area contributed by atoms with E-state index in [1.807, 2.05) is 0 Å². The van der Waals surface area contributed by atoms with Gasteiger partial charge in [0.1, 0.15) is 18.2 Å². The van der Waals surface area contributed by atoms with E-state index >= 15 is 0 Å². The van der Waals surface area contributed by atoms with Gasteiger partial charge in [0.2, 0.25) is 11.9 Å². The average molecular weight is 393 g/mol. The van der Waals surface area contributed by atoms with E-state index in [4.69, 9.17) is 0 Å². The Balaban J connectivity index is 1.43. The Morgan fingerprint density at radius 2 is 2.21 bits per heavy atom. The van der Waals surface area contributed by atoms with Crippen LogP contribution in [0.2, 0.25) is 0 Å². The van der Waals surface area contributed by atoms with Crippen molar-refractivity contribution in [3.05, 3.63) is 42.0 Å². The van der Waals surface area contributed by atoms with Crippen molar-refractivity contribution in [2.24, 2.45) is 5.92 Å². The molecule has 1 N–H and O–H groups in total. The lowest BCUT2D eigenvalue weighted by atomic mass is 9.86. The van der Waals surface area contributed by atoms with Crippen LogP contribution in [0.25, 0.3) is 0 Å². The number of piperidine rings is 1. The van der Waals surface area contributed by atoms with Gasteiger partial charge in [-0.3, -0.25) is 4.79 Å². The van der Waals surface area contributed by atoms with E-state index in [1.165, 1.54) is 23.1 Å². The van der Waals surface area contributed by atoms with E-state index < -0.39 is 12.5 Å². The third-order valence-electron chi connectivity index (χ3n) is 5.61. The largest absolute Gasteiger partial charge is 0.351 e. The second-order valence-electron chi connectivity index (χ2n) is 7.47. The Labute approximate surface area is 160 Å². The fraction of sp³-hybridized carbons (Fsp3) is 0.526. The van der Waals surface area contributed by atoms with Gasteiger partial charge in [0.25, 0.3) is 6.43 Å². The highest BCUT2D eigenvalue weighted by molar-refractivity contribution is 5.78. The fourth-order valence-electron chi connectivity index (χ4n) is 4.20. The minimum absolute atomic E-state index is 0.0527. The molecule has 6 nitrogen and oxygen atoms in total. The highest BCUT2D eigenvalue weighted by atomic mass is 19.3. The summed E-state index contributed by atoms with van der Waals surface area (Å²) >= 11 is 0. The molecule has 0 aliphatic carbocycles. The first-order valence-electron chi connectivity index (χ1n) is 9.47. The number of likely N-dealkylation sites (tertiary alicyclic amines) is 1. The summed E-state index contributed by atoms with van der Waals surface area (Å²) < 4.78 is 41.6. The van der Waals surface area contributed by atoms with Crippen molar-refractivity contribution in [3.8, 4) is 0 Å². The van der Waals surface area contributed by atoms with Gasteiger partial charge in [0.15, 0.2) is 0 Å². The standard InChI is InChI=1S/C19H22F3N5O/c20-14-5-1-3-12(7-14)8-17(28)26-6-2-4-13(10-26)15-9-16(18(21)22)27-19(25-15)23-11-24-27/h1,3,5,7,11,13,15-16,18H,2,4,6,8-10H2,(H,23,24,25)/t13?,15-,16+/m0/s1. The maximum Gasteiger partial charge on any atom is 0.260 e. The van der Waals surface area contributed by atoms with Crippen LogP contribution in [0.15, 0.2) is 30.6 Å². The second-order valence-corrected chi connectivity index (χ2v) is 7.47. The molecule has 0 bridgehead atoms. The van der Waals surface area contributed by atoms with Crippen LogP contribution in [0.4, 0.5) is 19.1 Å². The van der Waals surface area contributed by atoms with Gasteiger partial charge < -0.3 is 10.2 Å². The van der Waals surface area contributed by atoms with Crippen molar-refractivity contribution in [1.82, 2.24) is 19.7 Å². The molecule has 4 rings (SSSR count). The fourth-order valence-corrected chi connectivity index (χ4v) is 4.20. The van der Waals surface area contributed by atoms with Gasteiger partial charge in [-0.2, -0.15) is 10.1 Å². The molecule has 28 heavy (non-hydrogen) atoms. The zero-order chi connectivity index (χ0) is 19.7. The molecule has 1 aromatic carbocycles. The third-order valence-corrected chi connectivity index (χ3v) is 5.61. The van der Waals surface area contributed by atoms with Crippen molar-refractivity contribution in [2.75, 3.05) is 18.4 Å². The van der Waals surface area contributed by atoms with Gasteiger partial charge in [0, 0.05) is 19.1 Å². The minimum atomic E-state index is -2.53. The van der Waals surface area contributed by atoms with E-state index in [-0.39, 0.29) is 36.5 Å². The summed E-state index contributed by atoms with van der Waals surface area (Å²) in [5, 5.41) is 7.12. The summed E-state index contributed by atoms with van der Waals surface area (Å²) in [4.78, 5) is 18.5. The number of rotatable bonds is 4. The number of benzene rings is 1. The molecule has 2 aliphatic rings. The van der Waals surface area contributed by atoms with Crippen molar-refractivity contribution in [2.45, 2.75) is 44.2 Å². The molecule has 0 saturated carbocycles. The average Bonchev–Trinajstić information content (AvgIpc) is 3.16. The number of anilines is 1. The van der Waals surface area contributed by atoms with Crippen molar-refractivity contribution in [1.29, 1.82) is 0 Å². The number of carbonyl (C=O) groups is 1. The molecule has 3 atom stereocenters. The third kappa shape index (κ3) is 3.83. The zero-order valence-electron chi connectivity index (χ0n) is 15.3. The van der Waals surface area contributed by atoms with Crippen molar-refractivity contribution >= 4 is 11.9 Å². The predicted octanol–water partition coefficient (Wildman–Crippen LogP) is 2.89. The van der Waals surface area contributed by atoms with Gasteiger partial charge in [-0.25, -0.2) is 17.9 Å². The Morgan fingerprint density at radius 1 is 1.36 bits per heavy atom. The number of amides is 1. The highest BCUT2D eigenvalue weighted by Gasteiger charge is 2.38. The number of halogens is 3. The molecule has 1 unspecified atom stereocenters. The van der Waals surface area contributed by atoms with Crippen LogP contribution in [0.5, 0.6) is 0 Å². The van der Waals surface area contributed by atoms with Gasteiger partial charge in [0.05, 0.1) is 6.42 Å². The van der Waals surface area contributed by atoms with Gasteiger partial charge in [-0.05, 0) is 42.9 Å². The predicted molar refractivity (Wildman–Crippen MR) is 96.5 cm³/mol. The van der Waals surface area contributed by atoms with E-state index in [0.29, 0.717) is 24.6 Å². The molecular weight excluding hydrogens is 371 g/mol. The summed E-state index contributed by atoms with van der Waals surface area (Å²) in [6, 6.07) is 4.82. The molecular formula is C19H22F3N5O. The number of alkyl halides is 2. The number of nitrogens with zero attached hydrogens (tertiary/aromatic N) is 4. The summed E-state index contributed by atoms with van der Waals surface area (Å²) in [6.07, 6.45) is 0.783. The number of aromatic nitrogens is 3.